The van der Waals surface area contributed by atoms with Crippen LogP contribution < -0.4 is 5.32 Å². The highest BCUT2D eigenvalue weighted by atomic mass is 16.5. The normalized spacial score (nSPS) is 36.8. The molecule has 0 radical (unpaired) electrons. The van der Waals surface area contributed by atoms with Crippen LogP contribution in [0.2, 0.25) is 0 Å². The highest BCUT2D eigenvalue weighted by Gasteiger charge is 2.36. The highest BCUT2D eigenvalue weighted by molar-refractivity contribution is 4.91. The lowest BCUT2D eigenvalue weighted by molar-refractivity contribution is -0.0260. The van der Waals surface area contributed by atoms with Gasteiger partial charge in [0.1, 0.15) is 0 Å². The van der Waals surface area contributed by atoms with E-state index in [2.05, 4.69) is 17.1 Å². The van der Waals surface area contributed by atoms with E-state index in [1.807, 2.05) is 0 Å². The van der Waals surface area contributed by atoms with E-state index in [4.69, 9.17) is 4.74 Å². The van der Waals surface area contributed by atoms with Crippen molar-refractivity contribution >= 4 is 0 Å². The lowest BCUT2D eigenvalue weighted by Gasteiger charge is -2.41. The van der Waals surface area contributed by atoms with Crippen LogP contribution in [0.15, 0.2) is 0 Å². The first kappa shape index (κ1) is 14.8. The maximum atomic E-state index is 5.87. The number of ether oxygens (including phenoxy) is 1. The molecule has 3 heteroatoms. The minimum atomic E-state index is 0.383. The Balaban J connectivity index is 1.56. The van der Waals surface area contributed by atoms with E-state index in [1.54, 1.807) is 0 Å². The van der Waals surface area contributed by atoms with E-state index in [9.17, 15) is 0 Å². The molecule has 0 amide bonds. The summed E-state index contributed by atoms with van der Waals surface area (Å²) in [5.74, 6) is 0.920. The van der Waals surface area contributed by atoms with Gasteiger partial charge in [-0.2, -0.15) is 0 Å². The van der Waals surface area contributed by atoms with Gasteiger partial charge in [-0.05, 0) is 64.0 Å². The molecule has 0 aromatic rings. The maximum Gasteiger partial charge on any atom is 0.0546 e. The van der Waals surface area contributed by atoms with Crippen molar-refractivity contribution in [2.75, 3.05) is 39.4 Å². The summed E-state index contributed by atoms with van der Waals surface area (Å²) in [6.07, 6.45) is 9.55. The largest absolute Gasteiger partial charge is 0.381 e. The van der Waals surface area contributed by atoms with E-state index in [0.717, 1.165) is 25.2 Å². The molecular weight excluding hydrogens is 248 g/mol. The van der Waals surface area contributed by atoms with Gasteiger partial charge in [-0.1, -0.05) is 6.92 Å². The minimum absolute atomic E-state index is 0.383. The molecular formula is C17H32N2O. The molecule has 2 aliphatic heterocycles. The molecule has 2 atom stereocenters. The van der Waals surface area contributed by atoms with Gasteiger partial charge < -0.3 is 15.0 Å². The van der Waals surface area contributed by atoms with Gasteiger partial charge >= 0.3 is 0 Å². The molecule has 1 N–H and O–H groups in total. The number of hydrogen-bond donors (Lipinski definition) is 1. The summed E-state index contributed by atoms with van der Waals surface area (Å²) in [5, 5.41) is 3.77. The van der Waals surface area contributed by atoms with Crippen LogP contribution in [-0.2, 0) is 4.74 Å². The molecule has 0 bridgehead atoms. The van der Waals surface area contributed by atoms with Crippen LogP contribution in [0.25, 0.3) is 0 Å². The van der Waals surface area contributed by atoms with E-state index < -0.39 is 0 Å². The van der Waals surface area contributed by atoms with Crippen molar-refractivity contribution in [3.8, 4) is 0 Å². The Kier molecular flexibility index (Phi) is 5.00. The van der Waals surface area contributed by atoms with Gasteiger partial charge in [-0.15, -0.1) is 0 Å². The van der Waals surface area contributed by atoms with Crippen LogP contribution in [0.1, 0.15) is 51.9 Å². The molecule has 2 saturated heterocycles. The molecule has 1 aliphatic carbocycles. The van der Waals surface area contributed by atoms with Gasteiger partial charge in [0.2, 0.25) is 0 Å². The van der Waals surface area contributed by atoms with Gasteiger partial charge in [0, 0.05) is 31.2 Å². The molecule has 116 valence electrons. The van der Waals surface area contributed by atoms with Crippen LogP contribution in [0.4, 0.5) is 0 Å². The Labute approximate surface area is 124 Å². The zero-order valence-electron chi connectivity index (χ0n) is 13.2. The summed E-state index contributed by atoms with van der Waals surface area (Å²) in [6, 6.07) is 0.818. The highest BCUT2D eigenvalue weighted by Crippen LogP contribution is 2.32. The van der Waals surface area contributed by atoms with E-state index in [0.29, 0.717) is 5.41 Å². The van der Waals surface area contributed by atoms with Crippen LogP contribution in [0, 0.1) is 11.3 Å². The number of nitrogens with one attached hydrogen (secondary N) is 1. The van der Waals surface area contributed by atoms with E-state index >= 15 is 0 Å². The second-order valence-corrected chi connectivity index (χ2v) is 7.62. The lowest BCUT2D eigenvalue weighted by atomic mass is 9.81. The molecule has 3 nitrogen and oxygen atoms in total. The van der Waals surface area contributed by atoms with Crippen molar-refractivity contribution in [2.24, 2.45) is 11.3 Å². The Morgan fingerprint density at radius 3 is 2.80 bits per heavy atom. The number of likely N-dealkylation sites (tertiary alicyclic amines) is 1. The SMILES string of the molecule is CC1CCCN(CC2(CNC3CC3)CCCOC2)CC1. The summed E-state index contributed by atoms with van der Waals surface area (Å²) < 4.78 is 5.87. The van der Waals surface area contributed by atoms with Crippen molar-refractivity contribution in [1.29, 1.82) is 0 Å². The third-order valence-corrected chi connectivity index (χ3v) is 5.42. The zero-order chi connectivity index (χ0) is 13.8. The first-order valence-corrected chi connectivity index (χ1v) is 8.79. The summed E-state index contributed by atoms with van der Waals surface area (Å²) in [5.41, 5.74) is 0.383. The molecule has 3 rings (SSSR count). The Bertz CT molecular complexity index is 297. The fourth-order valence-electron chi connectivity index (χ4n) is 3.83. The lowest BCUT2D eigenvalue weighted by Crippen LogP contribution is -2.49. The molecule has 1 saturated carbocycles. The first-order valence-electron chi connectivity index (χ1n) is 8.79. The Morgan fingerprint density at radius 2 is 2.05 bits per heavy atom. The monoisotopic (exact) mass is 280 g/mol. The average molecular weight is 280 g/mol. The molecule has 2 unspecified atom stereocenters. The quantitative estimate of drug-likeness (QED) is 0.838. The van der Waals surface area contributed by atoms with Gasteiger partial charge in [0.05, 0.1) is 6.61 Å². The van der Waals surface area contributed by atoms with Gasteiger partial charge in [-0.3, -0.25) is 0 Å². The molecule has 0 spiro atoms. The molecule has 2 heterocycles. The maximum absolute atomic E-state index is 5.87. The van der Waals surface area contributed by atoms with Gasteiger partial charge in [-0.25, -0.2) is 0 Å². The molecule has 20 heavy (non-hydrogen) atoms. The third kappa shape index (κ3) is 4.19. The second kappa shape index (κ2) is 6.76. The topological polar surface area (TPSA) is 24.5 Å². The zero-order valence-corrected chi connectivity index (χ0v) is 13.2. The van der Waals surface area contributed by atoms with Crippen LogP contribution in [0.5, 0.6) is 0 Å². The first-order chi connectivity index (χ1) is 9.76. The summed E-state index contributed by atoms with van der Waals surface area (Å²) in [7, 11) is 0. The van der Waals surface area contributed by atoms with Crippen LogP contribution in [0.3, 0.4) is 0 Å². The summed E-state index contributed by atoms with van der Waals surface area (Å²) in [4.78, 5) is 2.73. The predicted octanol–water partition coefficient (Wildman–Crippen LogP) is 2.66. The van der Waals surface area contributed by atoms with Crippen LogP contribution >= 0.6 is 0 Å². The standard InChI is InChI=1S/C17H32N2O/c1-15-4-2-9-19(10-7-15)13-17(8-3-11-20-14-17)12-18-16-5-6-16/h15-16,18H,2-14H2,1H3. The smallest absolute Gasteiger partial charge is 0.0546 e. The van der Waals surface area contributed by atoms with Gasteiger partial charge in [0.25, 0.3) is 0 Å². The number of nitrogens with zero attached hydrogens (tertiary/aromatic N) is 1. The van der Waals surface area contributed by atoms with Crippen molar-refractivity contribution in [2.45, 2.75) is 57.9 Å². The van der Waals surface area contributed by atoms with Crippen LogP contribution in [-0.4, -0.2) is 50.3 Å². The molecule has 3 aliphatic rings. The van der Waals surface area contributed by atoms with Crippen molar-refractivity contribution in [1.82, 2.24) is 10.2 Å². The average Bonchev–Trinajstić information content (AvgIpc) is 3.28. The third-order valence-electron chi connectivity index (χ3n) is 5.42. The van der Waals surface area contributed by atoms with Gasteiger partial charge in [0.15, 0.2) is 0 Å². The minimum Gasteiger partial charge on any atom is -0.381 e. The summed E-state index contributed by atoms with van der Waals surface area (Å²) >= 11 is 0. The van der Waals surface area contributed by atoms with E-state index in [1.165, 1.54) is 71.1 Å². The molecule has 0 aromatic carbocycles. The number of rotatable bonds is 5. The molecule has 3 fully saturated rings. The van der Waals surface area contributed by atoms with Crippen molar-refractivity contribution < 1.29 is 4.74 Å². The summed E-state index contributed by atoms with van der Waals surface area (Å²) in [6.45, 7) is 9.38. The fraction of sp³-hybridized carbons (Fsp3) is 1.00. The van der Waals surface area contributed by atoms with E-state index in [-0.39, 0.29) is 0 Å². The number of hydrogen-bond acceptors (Lipinski definition) is 3. The fourth-order valence-corrected chi connectivity index (χ4v) is 3.83. The second-order valence-electron chi connectivity index (χ2n) is 7.62. The predicted molar refractivity (Wildman–Crippen MR) is 83.0 cm³/mol. The van der Waals surface area contributed by atoms with Crippen molar-refractivity contribution in [3.63, 3.8) is 0 Å². The van der Waals surface area contributed by atoms with Crippen molar-refractivity contribution in [3.05, 3.63) is 0 Å². The Hall–Kier alpha value is -0.120. The Morgan fingerprint density at radius 1 is 1.15 bits per heavy atom. The molecule has 0 aromatic heterocycles.